The SMILES string of the molecule is COc1ccc2n[nH]c(CN3CCCCC3CCN3CCCC3=O)c2c1. The largest absolute Gasteiger partial charge is 0.497 e. The van der Waals surface area contributed by atoms with Crippen LogP contribution >= 0.6 is 0 Å². The van der Waals surface area contributed by atoms with E-state index in [2.05, 4.69) is 21.2 Å². The molecule has 0 radical (unpaired) electrons. The lowest BCUT2D eigenvalue weighted by Gasteiger charge is -2.36. The third-order valence-electron chi connectivity index (χ3n) is 5.85. The molecule has 1 amide bonds. The number of rotatable bonds is 6. The molecule has 0 saturated carbocycles. The first-order valence-corrected chi connectivity index (χ1v) is 9.77. The number of fused-ring (bicyclic) bond motifs is 1. The second kappa shape index (κ2) is 7.66. The molecule has 2 aliphatic rings. The van der Waals surface area contributed by atoms with Gasteiger partial charge in [0.15, 0.2) is 0 Å². The molecule has 0 spiro atoms. The number of carbonyl (C=O) groups is 1. The van der Waals surface area contributed by atoms with E-state index in [0.717, 1.165) is 67.8 Å². The molecule has 1 aromatic carbocycles. The summed E-state index contributed by atoms with van der Waals surface area (Å²) in [5, 5.41) is 8.81. The van der Waals surface area contributed by atoms with Gasteiger partial charge in [-0.25, -0.2) is 0 Å². The summed E-state index contributed by atoms with van der Waals surface area (Å²) in [6, 6.07) is 6.56. The van der Waals surface area contributed by atoms with Crippen molar-refractivity contribution < 1.29 is 9.53 Å². The second-order valence-corrected chi connectivity index (χ2v) is 7.48. The summed E-state index contributed by atoms with van der Waals surface area (Å²) in [6.45, 7) is 3.83. The number of hydrogen-bond acceptors (Lipinski definition) is 4. The van der Waals surface area contributed by atoms with Crippen LogP contribution in [-0.2, 0) is 11.3 Å². The highest BCUT2D eigenvalue weighted by atomic mass is 16.5. The number of ether oxygens (including phenoxy) is 1. The molecule has 6 nitrogen and oxygen atoms in total. The zero-order chi connectivity index (χ0) is 17.9. The van der Waals surface area contributed by atoms with Gasteiger partial charge < -0.3 is 9.64 Å². The van der Waals surface area contributed by atoms with Crippen molar-refractivity contribution in [3.63, 3.8) is 0 Å². The summed E-state index contributed by atoms with van der Waals surface area (Å²) in [5.74, 6) is 1.20. The van der Waals surface area contributed by atoms with Crippen molar-refractivity contribution in [1.29, 1.82) is 0 Å². The Hall–Kier alpha value is -2.08. The average Bonchev–Trinajstić information content (AvgIpc) is 3.26. The summed E-state index contributed by atoms with van der Waals surface area (Å²) in [4.78, 5) is 16.5. The summed E-state index contributed by atoms with van der Waals surface area (Å²) in [5.41, 5.74) is 2.14. The second-order valence-electron chi connectivity index (χ2n) is 7.48. The molecule has 3 heterocycles. The molecule has 1 aromatic heterocycles. The molecule has 1 atom stereocenters. The highest BCUT2D eigenvalue weighted by Gasteiger charge is 2.26. The molecule has 2 aliphatic heterocycles. The lowest BCUT2D eigenvalue weighted by molar-refractivity contribution is -0.127. The molecular formula is C20H28N4O2. The van der Waals surface area contributed by atoms with Crippen LogP contribution in [0.4, 0.5) is 0 Å². The molecule has 140 valence electrons. The van der Waals surface area contributed by atoms with Crippen LogP contribution in [-0.4, -0.2) is 58.7 Å². The van der Waals surface area contributed by atoms with Crippen molar-refractivity contribution in [2.45, 2.75) is 51.1 Å². The number of hydrogen-bond donors (Lipinski definition) is 1. The Morgan fingerprint density at radius 2 is 2.19 bits per heavy atom. The number of methoxy groups -OCH3 is 1. The maximum atomic E-state index is 11.9. The maximum Gasteiger partial charge on any atom is 0.222 e. The number of nitrogens with zero attached hydrogens (tertiary/aromatic N) is 3. The third kappa shape index (κ3) is 3.56. The number of carbonyl (C=O) groups excluding carboxylic acids is 1. The summed E-state index contributed by atoms with van der Waals surface area (Å²) in [7, 11) is 1.70. The fourth-order valence-electron chi connectivity index (χ4n) is 4.33. The minimum atomic E-state index is 0.332. The Balaban J connectivity index is 1.45. The zero-order valence-electron chi connectivity index (χ0n) is 15.5. The van der Waals surface area contributed by atoms with Gasteiger partial charge in [-0.05, 0) is 50.4 Å². The molecule has 26 heavy (non-hydrogen) atoms. The zero-order valence-corrected chi connectivity index (χ0v) is 15.5. The Kier molecular flexibility index (Phi) is 5.11. The maximum absolute atomic E-state index is 11.9. The number of piperidine rings is 1. The molecule has 2 aromatic rings. The van der Waals surface area contributed by atoms with Gasteiger partial charge >= 0.3 is 0 Å². The van der Waals surface area contributed by atoms with E-state index in [1.54, 1.807) is 7.11 Å². The predicted octanol–water partition coefficient (Wildman–Crippen LogP) is 2.94. The van der Waals surface area contributed by atoms with E-state index in [9.17, 15) is 4.79 Å². The highest BCUT2D eigenvalue weighted by molar-refractivity contribution is 5.82. The van der Waals surface area contributed by atoms with Crippen molar-refractivity contribution in [3.8, 4) is 5.75 Å². The number of likely N-dealkylation sites (tertiary alicyclic amines) is 2. The van der Waals surface area contributed by atoms with Crippen LogP contribution in [0, 0.1) is 0 Å². The van der Waals surface area contributed by atoms with Crippen LogP contribution in [0.3, 0.4) is 0 Å². The van der Waals surface area contributed by atoms with Crippen molar-refractivity contribution in [2.24, 2.45) is 0 Å². The van der Waals surface area contributed by atoms with Gasteiger partial charge in [-0.1, -0.05) is 6.42 Å². The van der Waals surface area contributed by atoms with Gasteiger partial charge in [0.05, 0.1) is 18.3 Å². The monoisotopic (exact) mass is 356 g/mol. The topological polar surface area (TPSA) is 61.5 Å². The number of amides is 1. The number of aromatic amines is 1. The molecule has 2 fully saturated rings. The van der Waals surface area contributed by atoms with Crippen LogP contribution < -0.4 is 4.74 Å². The number of benzene rings is 1. The summed E-state index contributed by atoms with van der Waals surface area (Å²) in [6.07, 6.45) is 6.57. The van der Waals surface area contributed by atoms with Crippen LogP contribution in [0.15, 0.2) is 18.2 Å². The molecule has 0 bridgehead atoms. The van der Waals surface area contributed by atoms with E-state index < -0.39 is 0 Å². The van der Waals surface area contributed by atoms with Gasteiger partial charge in [0.1, 0.15) is 5.75 Å². The van der Waals surface area contributed by atoms with E-state index in [0.29, 0.717) is 11.9 Å². The average molecular weight is 356 g/mol. The molecule has 1 N–H and O–H groups in total. The molecule has 1 unspecified atom stereocenters. The van der Waals surface area contributed by atoms with Crippen molar-refractivity contribution in [2.75, 3.05) is 26.7 Å². The fourth-order valence-corrected chi connectivity index (χ4v) is 4.33. The van der Waals surface area contributed by atoms with Crippen molar-refractivity contribution >= 4 is 16.8 Å². The summed E-state index contributed by atoms with van der Waals surface area (Å²) >= 11 is 0. The lowest BCUT2D eigenvalue weighted by Crippen LogP contribution is -2.41. The quantitative estimate of drug-likeness (QED) is 0.864. The van der Waals surface area contributed by atoms with E-state index in [-0.39, 0.29) is 0 Å². The molecule has 4 rings (SSSR count). The Labute approximate surface area is 154 Å². The Bertz CT molecular complexity index is 772. The standard InChI is InChI=1S/C20H28N4O2/c1-26-16-7-8-18-17(13-16)19(22-21-18)14-24-10-3-2-5-15(24)9-12-23-11-4-6-20(23)25/h7-8,13,15H,2-6,9-12,14H2,1H3,(H,21,22). The molecule has 0 aliphatic carbocycles. The van der Waals surface area contributed by atoms with Gasteiger partial charge in [0, 0.05) is 37.5 Å². The molecular weight excluding hydrogens is 328 g/mol. The van der Waals surface area contributed by atoms with E-state index in [4.69, 9.17) is 4.74 Å². The number of H-pyrrole nitrogens is 1. The van der Waals surface area contributed by atoms with Crippen LogP contribution in [0.5, 0.6) is 5.75 Å². The molecule has 2 saturated heterocycles. The third-order valence-corrected chi connectivity index (χ3v) is 5.85. The van der Waals surface area contributed by atoms with Crippen molar-refractivity contribution in [3.05, 3.63) is 23.9 Å². The number of nitrogens with one attached hydrogen (secondary N) is 1. The minimum Gasteiger partial charge on any atom is -0.497 e. The lowest BCUT2D eigenvalue weighted by atomic mass is 9.98. The van der Waals surface area contributed by atoms with Gasteiger partial charge in [-0.15, -0.1) is 0 Å². The first-order valence-electron chi connectivity index (χ1n) is 9.77. The van der Waals surface area contributed by atoms with Gasteiger partial charge in [0.2, 0.25) is 5.91 Å². The Morgan fingerprint density at radius 3 is 3.00 bits per heavy atom. The Morgan fingerprint density at radius 1 is 1.27 bits per heavy atom. The predicted molar refractivity (Wildman–Crippen MR) is 101 cm³/mol. The highest BCUT2D eigenvalue weighted by Crippen LogP contribution is 2.27. The van der Waals surface area contributed by atoms with Crippen LogP contribution in [0.25, 0.3) is 10.9 Å². The van der Waals surface area contributed by atoms with Crippen LogP contribution in [0.2, 0.25) is 0 Å². The smallest absolute Gasteiger partial charge is 0.222 e. The van der Waals surface area contributed by atoms with E-state index in [1.807, 2.05) is 17.0 Å². The normalized spacial score (nSPS) is 21.7. The van der Waals surface area contributed by atoms with Crippen molar-refractivity contribution in [1.82, 2.24) is 20.0 Å². The number of aromatic nitrogens is 2. The van der Waals surface area contributed by atoms with Gasteiger partial charge in [-0.2, -0.15) is 5.10 Å². The van der Waals surface area contributed by atoms with E-state index in [1.165, 1.54) is 19.3 Å². The minimum absolute atomic E-state index is 0.332. The van der Waals surface area contributed by atoms with Crippen LogP contribution in [0.1, 0.15) is 44.2 Å². The van der Waals surface area contributed by atoms with E-state index >= 15 is 0 Å². The summed E-state index contributed by atoms with van der Waals surface area (Å²) < 4.78 is 5.37. The fraction of sp³-hybridized carbons (Fsp3) is 0.600. The first kappa shape index (κ1) is 17.3. The molecule has 6 heteroatoms. The van der Waals surface area contributed by atoms with Gasteiger partial charge in [-0.3, -0.25) is 14.8 Å². The van der Waals surface area contributed by atoms with Gasteiger partial charge in [0.25, 0.3) is 0 Å². The first-order chi connectivity index (χ1) is 12.7.